The van der Waals surface area contributed by atoms with Crippen LogP contribution in [0.4, 0.5) is 0 Å². The molecule has 2 nitrogen and oxygen atoms in total. The van der Waals surface area contributed by atoms with Crippen molar-refractivity contribution in [2.45, 2.75) is 51.7 Å². The summed E-state index contributed by atoms with van der Waals surface area (Å²) < 4.78 is 0. The van der Waals surface area contributed by atoms with Gasteiger partial charge in [-0.3, -0.25) is 4.90 Å². The van der Waals surface area contributed by atoms with E-state index in [0.717, 1.165) is 6.42 Å². The lowest BCUT2D eigenvalue weighted by atomic mass is 9.93. The maximum absolute atomic E-state index is 6.33. The van der Waals surface area contributed by atoms with Gasteiger partial charge in [0, 0.05) is 17.0 Å². The van der Waals surface area contributed by atoms with Gasteiger partial charge >= 0.3 is 0 Å². The highest BCUT2D eigenvalue weighted by atomic mass is 32.1. The third-order valence-electron chi connectivity index (χ3n) is 3.55. The second-order valence-corrected chi connectivity index (χ2v) is 6.00. The highest BCUT2D eigenvalue weighted by Gasteiger charge is 2.33. The molecule has 2 N–H and O–H groups in total. The molecule has 1 aliphatic rings. The Bertz CT molecular complexity index is 345. The normalized spacial score (nSPS) is 27.6. The second kappa shape index (κ2) is 4.86. The quantitative estimate of drug-likeness (QED) is 0.858. The first-order valence-electron chi connectivity index (χ1n) is 6.16. The fraction of sp³-hybridized carbons (Fsp3) is 0.692. The van der Waals surface area contributed by atoms with Crippen LogP contribution >= 0.6 is 11.3 Å². The maximum atomic E-state index is 6.33. The van der Waals surface area contributed by atoms with Crippen molar-refractivity contribution in [3.05, 3.63) is 21.9 Å². The van der Waals surface area contributed by atoms with Gasteiger partial charge in [0.1, 0.15) is 0 Å². The van der Waals surface area contributed by atoms with Crippen LogP contribution in [0.5, 0.6) is 0 Å². The van der Waals surface area contributed by atoms with E-state index in [2.05, 4.69) is 37.1 Å². The fourth-order valence-electron chi connectivity index (χ4n) is 2.66. The van der Waals surface area contributed by atoms with E-state index in [1.807, 2.05) is 11.3 Å². The van der Waals surface area contributed by atoms with E-state index in [1.165, 1.54) is 23.4 Å². The minimum absolute atomic E-state index is 0.300. The van der Waals surface area contributed by atoms with E-state index >= 15 is 0 Å². The number of thiophene rings is 1. The summed E-state index contributed by atoms with van der Waals surface area (Å²) in [6.45, 7) is 7.93. The molecular weight excluding hydrogens is 216 g/mol. The highest BCUT2D eigenvalue weighted by Crippen LogP contribution is 2.36. The molecule has 2 rings (SSSR count). The van der Waals surface area contributed by atoms with Gasteiger partial charge in [0.15, 0.2) is 0 Å². The maximum Gasteiger partial charge on any atom is 0.0598 e. The molecule has 2 atom stereocenters. The number of likely N-dealkylation sites (tertiary alicyclic amines) is 1. The summed E-state index contributed by atoms with van der Waals surface area (Å²) in [4.78, 5) is 4.04. The molecule has 0 bridgehead atoms. The first kappa shape index (κ1) is 12.1. The van der Waals surface area contributed by atoms with Crippen molar-refractivity contribution < 1.29 is 0 Å². The molecule has 0 aliphatic carbocycles. The number of rotatable bonds is 2. The summed E-state index contributed by atoms with van der Waals surface area (Å²) in [5.74, 6) is 0. The molecule has 1 fully saturated rings. The molecule has 16 heavy (non-hydrogen) atoms. The summed E-state index contributed by atoms with van der Waals surface area (Å²) in [6, 6.07) is 3.53. The summed E-state index contributed by atoms with van der Waals surface area (Å²) in [7, 11) is 0. The number of aryl methyl sites for hydroxylation is 1. The molecule has 1 aromatic heterocycles. The third-order valence-corrected chi connectivity index (χ3v) is 4.64. The van der Waals surface area contributed by atoms with Gasteiger partial charge in [-0.2, -0.15) is 0 Å². The van der Waals surface area contributed by atoms with Gasteiger partial charge in [-0.1, -0.05) is 0 Å². The summed E-state index contributed by atoms with van der Waals surface area (Å²) in [5, 5.41) is 2.19. The van der Waals surface area contributed by atoms with Crippen LogP contribution in [-0.2, 0) is 0 Å². The van der Waals surface area contributed by atoms with Crippen LogP contribution in [0.15, 0.2) is 11.4 Å². The van der Waals surface area contributed by atoms with E-state index in [-0.39, 0.29) is 0 Å². The number of hydrogen-bond donors (Lipinski definition) is 1. The van der Waals surface area contributed by atoms with Gasteiger partial charge in [-0.15, -0.1) is 11.3 Å². The first-order valence-corrected chi connectivity index (χ1v) is 7.04. The molecule has 90 valence electrons. The molecule has 0 amide bonds. The molecule has 3 heteroatoms. The number of nitrogens with zero attached hydrogens (tertiary/aromatic N) is 1. The topological polar surface area (TPSA) is 29.3 Å². The van der Waals surface area contributed by atoms with Crippen molar-refractivity contribution in [2.24, 2.45) is 5.73 Å². The smallest absolute Gasteiger partial charge is 0.0598 e. The van der Waals surface area contributed by atoms with Gasteiger partial charge in [0.2, 0.25) is 0 Å². The molecule has 1 aromatic rings. The summed E-state index contributed by atoms with van der Waals surface area (Å²) >= 11 is 1.86. The first-order chi connectivity index (χ1) is 7.61. The van der Waals surface area contributed by atoms with Gasteiger partial charge in [0.25, 0.3) is 0 Å². The Morgan fingerprint density at radius 2 is 2.25 bits per heavy atom. The number of hydrogen-bond acceptors (Lipinski definition) is 3. The molecule has 0 spiro atoms. The number of piperidine rings is 1. The van der Waals surface area contributed by atoms with Gasteiger partial charge in [-0.25, -0.2) is 0 Å². The third kappa shape index (κ3) is 2.17. The predicted molar refractivity (Wildman–Crippen MR) is 70.8 cm³/mol. The van der Waals surface area contributed by atoms with Crippen molar-refractivity contribution in [3.63, 3.8) is 0 Å². The zero-order chi connectivity index (χ0) is 11.7. The Morgan fingerprint density at radius 3 is 2.81 bits per heavy atom. The van der Waals surface area contributed by atoms with E-state index in [4.69, 9.17) is 5.73 Å². The molecule has 1 saturated heterocycles. The SMILES string of the molecule is Cc1ccsc1C1C(N)CCCN1C(C)C. The Hall–Kier alpha value is -0.380. The van der Waals surface area contributed by atoms with E-state index in [1.54, 1.807) is 0 Å². The van der Waals surface area contributed by atoms with Crippen LogP contribution in [0.3, 0.4) is 0 Å². The average molecular weight is 238 g/mol. The summed E-state index contributed by atoms with van der Waals surface area (Å²) in [6.07, 6.45) is 2.39. The van der Waals surface area contributed by atoms with Crippen LogP contribution in [0.25, 0.3) is 0 Å². The second-order valence-electron chi connectivity index (χ2n) is 5.05. The minimum atomic E-state index is 0.300. The van der Waals surface area contributed by atoms with E-state index in [0.29, 0.717) is 18.1 Å². The average Bonchev–Trinajstić information content (AvgIpc) is 2.64. The monoisotopic (exact) mass is 238 g/mol. The molecule has 0 aromatic carbocycles. The van der Waals surface area contributed by atoms with Crippen LogP contribution in [-0.4, -0.2) is 23.5 Å². The predicted octanol–water partition coefficient (Wildman–Crippen LogP) is 2.93. The Morgan fingerprint density at radius 1 is 1.50 bits per heavy atom. The van der Waals surface area contributed by atoms with Gasteiger partial charge in [-0.05, 0) is 57.2 Å². The molecule has 0 radical (unpaired) electrons. The van der Waals surface area contributed by atoms with Gasteiger partial charge < -0.3 is 5.73 Å². The molecule has 0 saturated carbocycles. The number of nitrogens with two attached hydrogens (primary N) is 1. The van der Waals surface area contributed by atoms with Crippen molar-refractivity contribution >= 4 is 11.3 Å². The van der Waals surface area contributed by atoms with Crippen molar-refractivity contribution in [1.29, 1.82) is 0 Å². The summed E-state index contributed by atoms with van der Waals surface area (Å²) in [5.41, 5.74) is 7.73. The lowest BCUT2D eigenvalue weighted by Crippen LogP contribution is -2.48. The molecule has 2 heterocycles. The minimum Gasteiger partial charge on any atom is -0.326 e. The lowest BCUT2D eigenvalue weighted by Gasteiger charge is -2.42. The van der Waals surface area contributed by atoms with Crippen molar-refractivity contribution in [1.82, 2.24) is 4.90 Å². The van der Waals surface area contributed by atoms with Crippen LogP contribution in [0, 0.1) is 6.92 Å². The Balaban J connectivity index is 2.30. The largest absolute Gasteiger partial charge is 0.326 e. The molecular formula is C13H22N2S. The van der Waals surface area contributed by atoms with Crippen LogP contribution < -0.4 is 5.73 Å². The van der Waals surface area contributed by atoms with Crippen LogP contribution in [0.1, 0.15) is 43.2 Å². The molecule has 1 aliphatic heterocycles. The fourth-order valence-corrected chi connectivity index (χ4v) is 3.79. The zero-order valence-electron chi connectivity index (χ0n) is 10.4. The molecule has 2 unspecified atom stereocenters. The van der Waals surface area contributed by atoms with E-state index < -0.39 is 0 Å². The van der Waals surface area contributed by atoms with Gasteiger partial charge in [0.05, 0.1) is 6.04 Å². The van der Waals surface area contributed by atoms with E-state index in [9.17, 15) is 0 Å². The lowest BCUT2D eigenvalue weighted by molar-refractivity contribution is 0.0966. The van der Waals surface area contributed by atoms with Crippen molar-refractivity contribution in [2.75, 3.05) is 6.54 Å². The Labute approximate surface area is 102 Å². The Kier molecular flexibility index (Phi) is 3.67. The zero-order valence-corrected chi connectivity index (χ0v) is 11.3. The highest BCUT2D eigenvalue weighted by molar-refractivity contribution is 7.10. The van der Waals surface area contributed by atoms with Crippen LogP contribution in [0.2, 0.25) is 0 Å². The van der Waals surface area contributed by atoms with Crippen molar-refractivity contribution in [3.8, 4) is 0 Å². The standard InChI is InChI=1S/C13H22N2S/c1-9(2)15-7-4-5-11(14)12(15)13-10(3)6-8-16-13/h6,8-9,11-12H,4-5,7,14H2,1-3H3.